The second-order valence-electron chi connectivity index (χ2n) is 5.79. The van der Waals surface area contributed by atoms with Crippen molar-refractivity contribution in [2.45, 2.75) is 51.3 Å². The van der Waals surface area contributed by atoms with Crippen molar-refractivity contribution in [1.29, 1.82) is 0 Å². The maximum Gasteiger partial charge on any atom is 0.137 e. The molecule has 3 atom stereocenters. The van der Waals surface area contributed by atoms with Gasteiger partial charge < -0.3 is 14.7 Å². The topological polar surface area (TPSA) is 33.9 Å². The number of quaternary nitrogens is 1. The van der Waals surface area contributed by atoms with Crippen LogP contribution in [-0.2, 0) is 0 Å². The molecule has 19 heavy (non-hydrogen) atoms. The van der Waals surface area contributed by atoms with Gasteiger partial charge in [0.25, 0.3) is 0 Å². The molecule has 0 unspecified atom stereocenters. The molecule has 1 heterocycles. The largest absolute Gasteiger partial charge is 0.491 e. The molecule has 0 aliphatic carbocycles. The Kier molecular flexibility index (Phi) is 5.23. The third-order valence-corrected chi connectivity index (χ3v) is 4.20. The van der Waals surface area contributed by atoms with Gasteiger partial charge in [-0.25, -0.2) is 0 Å². The van der Waals surface area contributed by atoms with Gasteiger partial charge in [-0.1, -0.05) is 18.2 Å². The van der Waals surface area contributed by atoms with Gasteiger partial charge in [0.05, 0.1) is 12.1 Å². The Hall–Kier alpha value is -1.06. The van der Waals surface area contributed by atoms with Gasteiger partial charge in [-0.2, -0.15) is 0 Å². The van der Waals surface area contributed by atoms with Crippen LogP contribution in [0.1, 0.15) is 33.1 Å². The summed E-state index contributed by atoms with van der Waals surface area (Å²) >= 11 is 0. The summed E-state index contributed by atoms with van der Waals surface area (Å²) < 4.78 is 5.62. The zero-order valence-corrected chi connectivity index (χ0v) is 12.0. The number of hydrogen-bond acceptors (Lipinski definition) is 2. The molecule has 3 heteroatoms. The highest BCUT2D eigenvalue weighted by molar-refractivity contribution is 5.20. The van der Waals surface area contributed by atoms with Gasteiger partial charge >= 0.3 is 0 Å². The number of likely N-dealkylation sites (tertiary alicyclic amines) is 1. The Morgan fingerprint density at radius 3 is 2.47 bits per heavy atom. The van der Waals surface area contributed by atoms with Crippen molar-refractivity contribution in [2.24, 2.45) is 0 Å². The van der Waals surface area contributed by atoms with Crippen LogP contribution < -0.4 is 9.64 Å². The molecule has 0 amide bonds. The monoisotopic (exact) mass is 264 g/mol. The Labute approximate surface area is 116 Å². The summed E-state index contributed by atoms with van der Waals surface area (Å²) in [4.78, 5) is 1.52. The van der Waals surface area contributed by atoms with Crippen molar-refractivity contribution in [3.63, 3.8) is 0 Å². The first-order valence-corrected chi connectivity index (χ1v) is 7.38. The number of aliphatic hydroxyl groups excluding tert-OH is 1. The molecule has 0 aromatic heterocycles. The van der Waals surface area contributed by atoms with Crippen molar-refractivity contribution in [2.75, 3.05) is 13.2 Å². The van der Waals surface area contributed by atoms with Crippen molar-refractivity contribution in [3.05, 3.63) is 30.3 Å². The van der Waals surface area contributed by atoms with Gasteiger partial charge in [-0.3, -0.25) is 0 Å². The molecular weight excluding hydrogens is 238 g/mol. The Morgan fingerprint density at radius 2 is 1.84 bits per heavy atom. The summed E-state index contributed by atoms with van der Waals surface area (Å²) in [5, 5.41) is 10.2. The Bertz CT molecular complexity index is 358. The van der Waals surface area contributed by atoms with E-state index >= 15 is 0 Å². The molecule has 2 N–H and O–H groups in total. The van der Waals surface area contributed by atoms with E-state index in [0.717, 1.165) is 12.3 Å². The van der Waals surface area contributed by atoms with Crippen molar-refractivity contribution in [1.82, 2.24) is 0 Å². The van der Waals surface area contributed by atoms with Gasteiger partial charge in [0.1, 0.15) is 25.0 Å². The fourth-order valence-corrected chi connectivity index (χ4v) is 3.03. The van der Waals surface area contributed by atoms with E-state index in [-0.39, 0.29) is 0 Å². The summed E-state index contributed by atoms with van der Waals surface area (Å²) in [6.07, 6.45) is 3.47. The zero-order valence-electron chi connectivity index (χ0n) is 12.0. The van der Waals surface area contributed by atoms with E-state index in [1.807, 2.05) is 30.3 Å². The van der Waals surface area contributed by atoms with Crippen LogP contribution in [0.15, 0.2) is 30.3 Å². The third kappa shape index (κ3) is 4.22. The van der Waals surface area contributed by atoms with E-state index in [9.17, 15) is 5.11 Å². The lowest BCUT2D eigenvalue weighted by atomic mass is 9.97. The highest BCUT2D eigenvalue weighted by atomic mass is 16.5. The van der Waals surface area contributed by atoms with E-state index in [4.69, 9.17) is 4.74 Å². The first-order valence-electron chi connectivity index (χ1n) is 7.38. The van der Waals surface area contributed by atoms with Crippen LogP contribution in [-0.4, -0.2) is 36.4 Å². The Morgan fingerprint density at radius 1 is 1.21 bits per heavy atom. The average Bonchev–Trinajstić information content (AvgIpc) is 2.42. The molecule has 2 rings (SSSR count). The van der Waals surface area contributed by atoms with Crippen molar-refractivity contribution >= 4 is 0 Å². The number of piperidine rings is 1. The minimum absolute atomic E-state index is 0.382. The molecule has 1 aliphatic rings. The normalized spacial score (nSPS) is 26.1. The number of rotatable bonds is 5. The average molecular weight is 264 g/mol. The quantitative estimate of drug-likeness (QED) is 0.840. The van der Waals surface area contributed by atoms with Crippen LogP contribution in [0.4, 0.5) is 0 Å². The van der Waals surface area contributed by atoms with Gasteiger partial charge in [-0.15, -0.1) is 0 Å². The SMILES string of the molecule is C[C@H]1CCC[C@H](C)[NH+]1C[C@H](O)COc1ccccc1. The Balaban J connectivity index is 1.78. The minimum Gasteiger partial charge on any atom is -0.491 e. The van der Waals surface area contributed by atoms with Crippen LogP contribution >= 0.6 is 0 Å². The lowest BCUT2D eigenvalue weighted by Crippen LogP contribution is -3.20. The van der Waals surface area contributed by atoms with E-state index in [1.165, 1.54) is 24.2 Å². The van der Waals surface area contributed by atoms with Crippen LogP contribution in [0.3, 0.4) is 0 Å². The second-order valence-corrected chi connectivity index (χ2v) is 5.79. The number of benzene rings is 1. The van der Waals surface area contributed by atoms with E-state index in [2.05, 4.69) is 13.8 Å². The maximum atomic E-state index is 10.2. The van der Waals surface area contributed by atoms with Crippen molar-refractivity contribution < 1.29 is 14.7 Å². The first kappa shape index (κ1) is 14.4. The smallest absolute Gasteiger partial charge is 0.137 e. The summed E-state index contributed by atoms with van der Waals surface area (Å²) in [7, 11) is 0. The fraction of sp³-hybridized carbons (Fsp3) is 0.625. The molecule has 1 fully saturated rings. The first-order chi connectivity index (χ1) is 9.16. The lowest BCUT2D eigenvalue weighted by molar-refractivity contribution is -0.954. The third-order valence-electron chi connectivity index (χ3n) is 4.20. The molecule has 1 aromatic rings. The second kappa shape index (κ2) is 6.92. The predicted molar refractivity (Wildman–Crippen MR) is 76.5 cm³/mol. The molecule has 0 radical (unpaired) electrons. The standard InChI is InChI=1S/C16H25NO2/c1-13-7-6-8-14(2)17(13)11-15(18)12-19-16-9-4-3-5-10-16/h3-5,9-10,13-15,18H,6-8,11-12H2,1-2H3/p+1/t13-,14-,15-/m0/s1. The summed E-state index contributed by atoms with van der Waals surface area (Å²) in [6.45, 7) is 5.74. The number of ether oxygens (including phenoxy) is 1. The van der Waals surface area contributed by atoms with Crippen LogP contribution in [0.25, 0.3) is 0 Å². The highest BCUT2D eigenvalue weighted by Gasteiger charge is 2.30. The maximum absolute atomic E-state index is 10.2. The zero-order chi connectivity index (χ0) is 13.7. The molecule has 0 saturated carbocycles. The summed E-state index contributed by atoms with van der Waals surface area (Å²) in [5.74, 6) is 0.830. The molecule has 3 nitrogen and oxygen atoms in total. The molecular formula is C16H26NO2+. The van der Waals surface area contributed by atoms with Crippen molar-refractivity contribution in [3.8, 4) is 5.75 Å². The van der Waals surface area contributed by atoms with Gasteiger partial charge in [-0.05, 0) is 45.2 Å². The molecule has 0 bridgehead atoms. The number of aliphatic hydroxyl groups is 1. The predicted octanol–water partition coefficient (Wildman–Crippen LogP) is 1.27. The van der Waals surface area contributed by atoms with Crippen LogP contribution in [0.5, 0.6) is 5.75 Å². The van der Waals surface area contributed by atoms with Gasteiger partial charge in [0.2, 0.25) is 0 Å². The summed E-state index contributed by atoms with van der Waals surface area (Å²) in [5.41, 5.74) is 0. The molecule has 1 aliphatic heterocycles. The number of para-hydroxylation sites is 1. The molecule has 1 aromatic carbocycles. The van der Waals surface area contributed by atoms with E-state index in [0.29, 0.717) is 18.7 Å². The number of hydrogen-bond donors (Lipinski definition) is 2. The summed E-state index contributed by atoms with van der Waals surface area (Å²) in [6, 6.07) is 11.0. The fourth-order valence-electron chi connectivity index (χ4n) is 3.03. The molecule has 0 spiro atoms. The van der Waals surface area contributed by atoms with Gasteiger partial charge in [0, 0.05) is 0 Å². The highest BCUT2D eigenvalue weighted by Crippen LogP contribution is 2.09. The molecule has 1 saturated heterocycles. The van der Waals surface area contributed by atoms with E-state index in [1.54, 1.807) is 0 Å². The number of nitrogens with one attached hydrogen (secondary N) is 1. The van der Waals surface area contributed by atoms with Crippen LogP contribution in [0, 0.1) is 0 Å². The van der Waals surface area contributed by atoms with Crippen LogP contribution in [0.2, 0.25) is 0 Å². The van der Waals surface area contributed by atoms with Gasteiger partial charge in [0.15, 0.2) is 0 Å². The van der Waals surface area contributed by atoms with E-state index < -0.39 is 6.10 Å². The molecule has 106 valence electrons. The lowest BCUT2D eigenvalue weighted by Gasteiger charge is -2.36. The minimum atomic E-state index is -0.391.